The number of hydrogen-bond donors (Lipinski definition) is 1. The van der Waals surface area contributed by atoms with Crippen LogP contribution in [0.15, 0.2) is 35.7 Å². The Morgan fingerprint density at radius 1 is 1.61 bits per heavy atom. The summed E-state index contributed by atoms with van der Waals surface area (Å²) >= 11 is 1.74. The fourth-order valence-electron chi connectivity index (χ4n) is 1.97. The van der Waals surface area contributed by atoms with Gasteiger partial charge in [0.15, 0.2) is 0 Å². The molecule has 0 radical (unpaired) electrons. The number of hydrogen-bond acceptors (Lipinski definition) is 3. The first-order valence-electron chi connectivity index (χ1n) is 6.11. The van der Waals surface area contributed by atoms with Crippen LogP contribution in [0.5, 0.6) is 0 Å². The first-order valence-corrected chi connectivity index (χ1v) is 7.05. The molecule has 0 saturated heterocycles. The van der Waals surface area contributed by atoms with E-state index in [1.54, 1.807) is 11.3 Å². The maximum absolute atomic E-state index is 4.51. The molecule has 2 heterocycles. The van der Waals surface area contributed by atoms with Crippen LogP contribution < -0.4 is 5.32 Å². The number of aryl methyl sites for hydroxylation is 1. The minimum atomic E-state index is 0.366. The molecule has 0 bridgehead atoms. The average molecular weight is 261 g/mol. The highest BCUT2D eigenvalue weighted by Crippen LogP contribution is 2.13. The molecule has 1 atom stereocenters. The summed E-state index contributed by atoms with van der Waals surface area (Å²) in [6, 6.07) is 2.54. The molecule has 0 amide bonds. The van der Waals surface area contributed by atoms with Gasteiger partial charge in [0, 0.05) is 18.8 Å². The van der Waals surface area contributed by atoms with Crippen molar-refractivity contribution in [1.82, 2.24) is 9.55 Å². The third kappa shape index (κ3) is 3.23. The maximum Gasteiger partial charge on any atom is 0.203 e. The molecule has 4 heteroatoms. The number of thiophene rings is 1. The van der Waals surface area contributed by atoms with Crippen LogP contribution in [0.1, 0.15) is 18.2 Å². The molecule has 0 aromatic carbocycles. The van der Waals surface area contributed by atoms with Gasteiger partial charge in [0.25, 0.3) is 0 Å². The molecule has 3 nitrogen and oxygen atoms in total. The second-order valence-corrected chi connectivity index (χ2v) is 5.31. The lowest BCUT2D eigenvalue weighted by molar-refractivity contribution is 0.746. The van der Waals surface area contributed by atoms with Gasteiger partial charge in [-0.2, -0.15) is 11.3 Å². The van der Waals surface area contributed by atoms with E-state index in [0.717, 1.165) is 24.6 Å². The summed E-state index contributed by atoms with van der Waals surface area (Å²) < 4.78 is 2.09. The highest BCUT2D eigenvalue weighted by molar-refractivity contribution is 7.07. The maximum atomic E-state index is 4.51. The van der Waals surface area contributed by atoms with Crippen LogP contribution in [-0.4, -0.2) is 15.6 Å². The van der Waals surface area contributed by atoms with Gasteiger partial charge >= 0.3 is 0 Å². The van der Waals surface area contributed by atoms with Gasteiger partial charge in [-0.25, -0.2) is 4.98 Å². The van der Waals surface area contributed by atoms with Crippen LogP contribution >= 0.6 is 11.3 Å². The van der Waals surface area contributed by atoms with Crippen LogP contribution in [0.4, 0.5) is 5.95 Å². The SMILES string of the molecule is C=CCn1cc(C)nc1NC(C)Cc1ccsc1. The molecular weight excluding hydrogens is 242 g/mol. The molecule has 1 unspecified atom stereocenters. The molecule has 0 aliphatic carbocycles. The lowest BCUT2D eigenvalue weighted by atomic mass is 10.1. The third-order valence-electron chi connectivity index (χ3n) is 2.72. The van der Waals surface area contributed by atoms with E-state index < -0.39 is 0 Å². The smallest absolute Gasteiger partial charge is 0.203 e. The number of imidazole rings is 1. The van der Waals surface area contributed by atoms with E-state index >= 15 is 0 Å². The van der Waals surface area contributed by atoms with Crippen molar-refractivity contribution in [2.75, 3.05) is 5.32 Å². The normalized spacial score (nSPS) is 12.3. The number of rotatable bonds is 6. The minimum absolute atomic E-state index is 0.366. The summed E-state index contributed by atoms with van der Waals surface area (Å²) in [6.45, 7) is 8.75. The van der Waals surface area contributed by atoms with Gasteiger partial charge in [0.1, 0.15) is 0 Å². The van der Waals surface area contributed by atoms with Crippen molar-refractivity contribution in [1.29, 1.82) is 0 Å². The second kappa shape index (κ2) is 5.87. The van der Waals surface area contributed by atoms with Gasteiger partial charge in [-0.1, -0.05) is 6.08 Å². The summed E-state index contributed by atoms with van der Waals surface area (Å²) in [6.07, 6.45) is 4.95. The lowest BCUT2D eigenvalue weighted by Gasteiger charge is -2.14. The van der Waals surface area contributed by atoms with E-state index in [9.17, 15) is 0 Å². The Bertz CT molecular complexity index is 499. The predicted molar refractivity (Wildman–Crippen MR) is 78.3 cm³/mol. The average Bonchev–Trinajstić information content (AvgIpc) is 2.90. The molecule has 18 heavy (non-hydrogen) atoms. The fraction of sp³-hybridized carbons (Fsp3) is 0.357. The van der Waals surface area contributed by atoms with Crippen LogP contribution in [0.3, 0.4) is 0 Å². The van der Waals surface area contributed by atoms with Gasteiger partial charge in [-0.05, 0) is 42.7 Å². The Balaban J connectivity index is 2.01. The first-order chi connectivity index (χ1) is 8.69. The van der Waals surface area contributed by atoms with Gasteiger partial charge < -0.3 is 9.88 Å². The largest absolute Gasteiger partial charge is 0.353 e. The topological polar surface area (TPSA) is 29.9 Å². The molecule has 96 valence electrons. The van der Waals surface area contributed by atoms with Gasteiger partial charge in [0.05, 0.1) is 5.69 Å². The summed E-state index contributed by atoms with van der Waals surface area (Å²) in [5, 5.41) is 7.77. The van der Waals surface area contributed by atoms with Crippen LogP contribution in [-0.2, 0) is 13.0 Å². The zero-order chi connectivity index (χ0) is 13.0. The lowest BCUT2D eigenvalue weighted by Crippen LogP contribution is -2.20. The van der Waals surface area contributed by atoms with Gasteiger partial charge in [-0.3, -0.25) is 0 Å². The molecule has 0 aliphatic rings. The summed E-state index contributed by atoms with van der Waals surface area (Å²) in [5.74, 6) is 0.926. The third-order valence-corrected chi connectivity index (χ3v) is 3.45. The van der Waals surface area contributed by atoms with Crippen molar-refractivity contribution in [2.45, 2.75) is 32.9 Å². The number of aromatic nitrogens is 2. The zero-order valence-electron chi connectivity index (χ0n) is 10.9. The molecular formula is C14H19N3S. The molecule has 0 spiro atoms. The van der Waals surface area contributed by atoms with Crippen molar-refractivity contribution in [3.8, 4) is 0 Å². The Morgan fingerprint density at radius 3 is 3.11 bits per heavy atom. The van der Waals surface area contributed by atoms with Crippen LogP contribution in [0.25, 0.3) is 0 Å². The molecule has 0 saturated carbocycles. The number of anilines is 1. The summed E-state index contributed by atoms with van der Waals surface area (Å²) in [5.41, 5.74) is 2.40. The molecule has 0 aliphatic heterocycles. The van der Waals surface area contributed by atoms with Crippen molar-refractivity contribution >= 4 is 17.3 Å². The molecule has 2 aromatic rings. The van der Waals surface area contributed by atoms with E-state index in [-0.39, 0.29) is 0 Å². The minimum Gasteiger partial charge on any atom is -0.353 e. The fourth-order valence-corrected chi connectivity index (χ4v) is 2.66. The van der Waals surface area contributed by atoms with E-state index in [2.05, 4.69) is 45.2 Å². The molecule has 0 fully saturated rings. The van der Waals surface area contributed by atoms with Crippen molar-refractivity contribution in [3.05, 3.63) is 46.9 Å². The molecule has 2 aromatic heterocycles. The van der Waals surface area contributed by atoms with Crippen LogP contribution in [0, 0.1) is 6.92 Å². The second-order valence-electron chi connectivity index (χ2n) is 4.53. The summed E-state index contributed by atoms with van der Waals surface area (Å²) in [7, 11) is 0. The van der Waals surface area contributed by atoms with Crippen molar-refractivity contribution in [3.63, 3.8) is 0 Å². The highest BCUT2D eigenvalue weighted by Gasteiger charge is 2.09. The van der Waals surface area contributed by atoms with Gasteiger partial charge in [0.2, 0.25) is 5.95 Å². The Morgan fingerprint density at radius 2 is 2.44 bits per heavy atom. The first kappa shape index (κ1) is 12.9. The molecule has 1 N–H and O–H groups in total. The monoisotopic (exact) mass is 261 g/mol. The Hall–Kier alpha value is -1.55. The van der Waals surface area contributed by atoms with E-state index in [4.69, 9.17) is 0 Å². The predicted octanol–water partition coefficient (Wildman–Crippen LogP) is 3.48. The quantitative estimate of drug-likeness (QED) is 0.807. The number of allylic oxidation sites excluding steroid dienone is 1. The summed E-state index contributed by atoms with van der Waals surface area (Å²) in [4.78, 5) is 4.51. The van der Waals surface area contributed by atoms with Crippen molar-refractivity contribution in [2.24, 2.45) is 0 Å². The van der Waals surface area contributed by atoms with Crippen molar-refractivity contribution < 1.29 is 0 Å². The van der Waals surface area contributed by atoms with Gasteiger partial charge in [-0.15, -0.1) is 6.58 Å². The number of nitrogens with zero attached hydrogens (tertiary/aromatic N) is 2. The standard InChI is InChI=1S/C14H19N3S/c1-4-6-17-9-12(3)16-14(17)15-11(2)8-13-5-7-18-10-13/h4-5,7,9-11H,1,6,8H2,2-3H3,(H,15,16). The van der Waals surface area contributed by atoms with Crippen LogP contribution in [0.2, 0.25) is 0 Å². The zero-order valence-corrected chi connectivity index (χ0v) is 11.7. The number of nitrogens with one attached hydrogen (secondary N) is 1. The molecule has 2 rings (SSSR count). The van der Waals surface area contributed by atoms with E-state index in [1.165, 1.54) is 5.56 Å². The highest BCUT2D eigenvalue weighted by atomic mass is 32.1. The van der Waals surface area contributed by atoms with E-state index in [1.807, 2.05) is 19.2 Å². The Kier molecular flexibility index (Phi) is 4.20. The Labute approximate surface area is 112 Å². The van der Waals surface area contributed by atoms with E-state index in [0.29, 0.717) is 6.04 Å².